The van der Waals surface area contributed by atoms with Gasteiger partial charge in [0.2, 0.25) is 11.9 Å². The number of hydrogen-bond acceptors (Lipinski definition) is 2. The lowest BCUT2D eigenvalue weighted by Gasteiger charge is -2.08. The van der Waals surface area contributed by atoms with Crippen LogP contribution in [0.5, 0.6) is 0 Å². The Labute approximate surface area is 149 Å². The second-order valence-electron chi connectivity index (χ2n) is 6.31. The number of aromatic amines is 1. The van der Waals surface area contributed by atoms with Crippen molar-refractivity contribution in [1.29, 1.82) is 0 Å². The molecule has 132 valence electrons. The fourth-order valence-corrected chi connectivity index (χ4v) is 3.40. The van der Waals surface area contributed by atoms with Gasteiger partial charge in [0, 0.05) is 23.1 Å². The van der Waals surface area contributed by atoms with E-state index in [1.54, 1.807) is 6.07 Å². The van der Waals surface area contributed by atoms with Gasteiger partial charge in [0.25, 0.3) is 0 Å². The Morgan fingerprint density at radius 1 is 1.27 bits per heavy atom. The second-order valence-corrected chi connectivity index (χ2v) is 6.31. The summed E-state index contributed by atoms with van der Waals surface area (Å²) in [5, 5.41) is 3.64. The number of hydrogen-bond donors (Lipinski definition) is 2. The molecular formula is C20H19FN4O. The number of imidazole rings is 1. The lowest BCUT2D eigenvalue weighted by atomic mass is 10.1. The highest BCUT2D eigenvalue weighted by Gasteiger charge is 2.16. The number of carbonyl (C=O) groups is 1. The van der Waals surface area contributed by atoms with E-state index < -0.39 is 0 Å². The van der Waals surface area contributed by atoms with Gasteiger partial charge in [0.15, 0.2) is 0 Å². The van der Waals surface area contributed by atoms with Crippen molar-refractivity contribution in [2.75, 3.05) is 5.32 Å². The number of halogens is 1. The number of anilines is 1. The number of rotatable bonds is 4. The maximum Gasteiger partial charge on any atom is 0.231 e. The molecular weight excluding hydrogens is 331 g/mol. The normalized spacial score (nSPS) is 11.3. The van der Waals surface area contributed by atoms with E-state index in [0.717, 1.165) is 33.2 Å². The first-order valence-corrected chi connectivity index (χ1v) is 8.58. The topological polar surface area (TPSA) is 62.7 Å². The molecule has 0 aliphatic rings. The second kappa shape index (κ2) is 6.29. The van der Waals surface area contributed by atoms with Gasteiger partial charge in [0.05, 0.1) is 17.5 Å². The lowest BCUT2D eigenvalue weighted by Crippen LogP contribution is -2.18. The Balaban J connectivity index is 1.64. The molecule has 1 amide bonds. The first-order chi connectivity index (χ1) is 12.6. The summed E-state index contributed by atoms with van der Waals surface area (Å²) in [6, 6.07) is 12.3. The number of fused-ring (bicyclic) bond motifs is 2. The minimum atomic E-state index is -0.314. The number of para-hydroxylation sites is 2. The fourth-order valence-electron chi connectivity index (χ4n) is 3.40. The summed E-state index contributed by atoms with van der Waals surface area (Å²) in [6.45, 7) is 4.60. The molecule has 0 aliphatic carbocycles. The fraction of sp³-hybridized carbons (Fsp3) is 0.200. The molecule has 0 saturated heterocycles. The zero-order valence-electron chi connectivity index (χ0n) is 14.6. The number of aryl methyl sites for hydroxylation is 2. The van der Waals surface area contributed by atoms with Gasteiger partial charge in [0.1, 0.15) is 5.82 Å². The third-order valence-electron chi connectivity index (χ3n) is 4.64. The van der Waals surface area contributed by atoms with Crippen LogP contribution in [-0.4, -0.2) is 20.4 Å². The molecule has 0 bridgehead atoms. The summed E-state index contributed by atoms with van der Waals surface area (Å²) >= 11 is 0. The summed E-state index contributed by atoms with van der Waals surface area (Å²) in [5.41, 5.74) is 4.32. The molecule has 4 aromatic rings. The zero-order valence-corrected chi connectivity index (χ0v) is 14.6. The quantitative estimate of drug-likeness (QED) is 0.580. The molecule has 6 heteroatoms. The van der Waals surface area contributed by atoms with E-state index in [1.165, 1.54) is 12.1 Å². The predicted octanol–water partition coefficient (Wildman–Crippen LogP) is 4.17. The van der Waals surface area contributed by atoms with Crippen molar-refractivity contribution < 1.29 is 9.18 Å². The summed E-state index contributed by atoms with van der Waals surface area (Å²) in [4.78, 5) is 20.3. The number of carbonyl (C=O) groups excluding carboxylic acids is 1. The van der Waals surface area contributed by atoms with Crippen LogP contribution in [0, 0.1) is 12.7 Å². The van der Waals surface area contributed by atoms with Crippen molar-refractivity contribution in [3.63, 3.8) is 0 Å². The molecule has 4 rings (SSSR count). The third kappa shape index (κ3) is 2.73. The maximum absolute atomic E-state index is 13.6. The average molecular weight is 350 g/mol. The van der Waals surface area contributed by atoms with E-state index in [-0.39, 0.29) is 18.1 Å². The van der Waals surface area contributed by atoms with Crippen molar-refractivity contribution in [2.24, 2.45) is 0 Å². The molecule has 0 aliphatic heterocycles. The highest BCUT2D eigenvalue weighted by atomic mass is 19.1. The molecule has 26 heavy (non-hydrogen) atoms. The number of benzene rings is 2. The monoisotopic (exact) mass is 350 g/mol. The van der Waals surface area contributed by atoms with Crippen molar-refractivity contribution in [3.05, 3.63) is 59.5 Å². The van der Waals surface area contributed by atoms with E-state index in [0.29, 0.717) is 12.5 Å². The van der Waals surface area contributed by atoms with Crippen molar-refractivity contribution >= 4 is 33.8 Å². The van der Waals surface area contributed by atoms with E-state index in [4.69, 9.17) is 0 Å². The van der Waals surface area contributed by atoms with Gasteiger partial charge in [-0.25, -0.2) is 9.37 Å². The maximum atomic E-state index is 13.6. The molecule has 2 aromatic carbocycles. The Kier molecular flexibility index (Phi) is 3.95. The Hall–Kier alpha value is -3.15. The number of amides is 1. The molecule has 0 unspecified atom stereocenters. The van der Waals surface area contributed by atoms with Gasteiger partial charge in [-0.1, -0.05) is 12.1 Å². The highest BCUT2D eigenvalue weighted by molar-refractivity contribution is 5.96. The van der Waals surface area contributed by atoms with E-state index in [9.17, 15) is 9.18 Å². The van der Waals surface area contributed by atoms with Gasteiger partial charge in [-0.3, -0.25) is 10.1 Å². The summed E-state index contributed by atoms with van der Waals surface area (Å²) in [7, 11) is 0. The molecule has 0 atom stereocenters. The standard InChI is InChI=1S/C20H19FN4O/c1-3-25-18-7-5-4-6-17(18)23-20(25)24-19(26)11-14-12(2)22-16-9-8-13(21)10-15(14)16/h4-10,22H,3,11H2,1-2H3,(H,23,24,26). The summed E-state index contributed by atoms with van der Waals surface area (Å²) in [5.74, 6) is 0.0385. The number of H-pyrrole nitrogens is 1. The Morgan fingerprint density at radius 2 is 2.08 bits per heavy atom. The minimum Gasteiger partial charge on any atom is -0.358 e. The third-order valence-corrected chi connectivity index (χ3v) is 4.64. The molecule has 0 spiro atoms. The first-order valence-electron chi connectivity index (χ1n) is 8.58. The largest absolute Gasteiger partial charge is 0.358 e. The number of nitrogens with zero attached hydrogens (tertiary/aromatic N) is 2. The molecule has 0 radical (unpaired) electrons. The molecule has 2 aromatic heterocycles. The van der Waals surface area contributed by atoms with Gasteiger partial charge >= 0.3 is 0 Å². The first kappa shape index (κ1) is 16.3. The van der Waals surface area contributed by atoms with Crippen LogP contribution in [0.3, 0.4) is 0 Å². The summed E-state index contributed by atoms with van der Waals surface area (Å²) in [6.07, 6.45) is 0.155. The van der Waals surface area contributed by atoms with Crippen LogP contribution in [0.15, 0.2) is 42.5 Å². The summed E-state index contributed by atoms with van der Waals surface area (Å²) < 4.78 is 15.6. The van der Waals surface area contributed by atoms with Crippen LogP contribution in [-0.2, 0) is 17.8 Å². The zero-order chi connectivity index (χ0) is 18.3. The van der Waals surface area contributed by atoms with E-state index >= 15 is 0 Å². The highest BCUT2D eigenvalue weighted by Crippen LogP contribution is 2.24. The van der Waals surface area contributed by atoms with Crippen LogP contribution < -0.4 is 5.32 Å². The minimum absolute atomic E-state index is 0.155. The van der Waals surface area contributed by atoms with Crippen LogP contribution in [0.25, 0.3) is 21.9 Å². The molecule has 0 fully saturated rings. The molecule has 5 nitrogen and oxygen atoms in total. The van der Waals surface area contributed by atoms with E-state index in [1.807, 2.05) is 42.7 Å². The molecule has 2 heterocycles. The van der Waals surface area contributed by atoms with E-state index in [2.05, 4.69) is 15.3 Å². The smallest absolute Gasteiger partial charge is 0.231 e. The van der Waals surface area contributed by atoms with Crippen LogP contribution in [0.2, 0.25) is 0 Å². The van der Waals surface area contributed by atoms with Gasteiger partial charge in [-0.2, -0.15) is 0 Å². The van der Waals surface area contributed by atoms with Crippen molar-refractivity contribution in [1.82, 2.24) is 14.5 Å². The van der Waals surface area contributed by atoms with Gasteiger partial charge < -0.3 is 9.55 Å². The van der Waals surface area contributed by atoms with Crippen molar-refractivity contribution in [2.45, 2.75) is 26.8 Å². The van der Waals surface area contributed by atoms with Crippen molar-refractivity contribution in [3.8, 4) is 0 Å². The Bertz CT molecular complexity index is 1130. The Morgan fingerprint density at radius 3 is 2.88 bits per heavy atom. The molecule has 0 saturated carbocycles. The van der Waals surface area contributed by atoms with Crippen LogP contribution >= 0.6 is 0 Å². The number of aromatic nitrogens is 3. The SMILES string of the molecule is CCn1c(NC(=O)Cc2c(C)[nH]c3ccc(F)cc23)nc2ccccc21. The van der Waals surface area contributed by atoms with Gasteiger partial charge in [-0.15, -0.1) is 0 Å². The van der Waals surface area contributed by atoms with Crippen LogP contribution in [0.4, 0.5) is 10.3 Å². The van der Waals surface area contributed by atoms with Gasteiger partial charge in [-0.05, 0) is 49.7 Å². The number of nitrogens with one attached hydrogen (secondary N) is 2. The lowest BCUT2D eigenvalue weighted by molar-refractivity contribution is -0.115. The average Bonchev–Trinajstić information content (AvgIpc) is 3.12. The van der Waals surface area contributed by atoms with Crippen LogP contribution in [0.1, 0.15) is 18.2 Å². The predicted molar refractivity (Wildman–Crippen MR) is 101 cm³/mol. The molecule has 2 N–H and O–H groups in total.